The smallest absolute Gasteiger partial charge is 0.0348 e. The van der Waals surface area contributed by atoms with Gasteiger partial charge >= 0.3 is 0 Å². The van der Waals surface area contributed by atoms with Crippen LogP contribution in [0.15, 0.2) is 12.7 Å². The molecule has 0 rings (SSSR count). The Kier molecular flexibility index (Phi) is 8.51. The van der Waals surface area contributed by atoms with E-state index in [9.17, 15) is 0 Å². The first kappa shape index (κ1) is 12.4. The molecule has 0 aromatic rings. The molecule has 0 aromatic heterocycles. The van der Waals surface area contributed by atoms with E-state index in [1.165, 1.54) is 6.42 Å². The summed E-state index contributed by atoms with van der Waals surface area (Å²) in [6.45, 7) is 14.4. The highest BCUT2D eigenvalue weighted by Crippen LogP contribution is 2.20. The Labute approximate surface area is 66.3 Å². The van der Waals surface area contributed by atoms with Crippen LogP contribution < -0.4 is 0 Å². The van der Waals surface area contributed by atoms with Gasteiger partial charge in [-0.2, -0.15) is 0 Å². The lowest BCUT2D eigenvalue weighted by Crippen LogP contribution is -2.02. The summed E-state index contributed by atoms with van der Waals surface area (Å²) in [7, 11) is 0. The van der Waals surface area contributed by atoms with Gasteiger partial charge in [0.25, 0.3) is 0 Å². The Hall–Kier alpha value is -0.260. The van der Waals surface area contributed by atoms with Gasteiger partial charge < -0.3 is 0 Å². The monoisotopic (exact) mass is 142 g/mol. The summed E-state index contributed by atoms with van der Waals surface area (Å²) in [4.78, 5) is 0. The molecule has 0 heterocycles. The second-order valence-corrected chi connectivity index (χ2v) is 3.39. The fourth-order valence-electron chi connectivity index (χ4n) is 0.535. The van der Waals surface area contributed by atoms with Gasteiger partial charge in [0, 0.05) is 0 Å². The molecule has 62 valence electrons. The number of rotatable bonds is 2. The molecule has 0 unspecified atom stereocenters. The largest absolute Gasteiger partial charge is 0.103 e. The Morgan fingerprint density at radius 2 is 1.60 bits per heavy atom. The zero-order chi connectivity index (χ0) is 8.62. The summed E-state index contributed by atoms with van der Waals surface area (Å²) < 4.78 is 0. The molecule has 0 spiro atoms. The Bertz CT molecular complexity index is 64.6. The molecule has 0 heteroatoms. The van der Waals surface area contributed by atoms with Crippen molar-refractivity contribution in [3.63, 3.8) is 0 Å². The molecule has 0 radical (unpaired) electrons. The minimum atomic E-state index is 0.480. The first-order valence-electron chi connectivity index (χ1n) is 4.17. The molecule has 0 aliphatic rings. The van der Waals surface area contributed by atoms with Gasteiger partial charge in [-0.1, -0.05) is 40.7 Å². The van der Waals surface area contributed by atoms with E-state index in [-0.39, 0.29) is 0 Å². The van der Waals surface area contributed by atoms with Crippen molar-refractivity contribution >= 4 is 0 Å². The predicted molar refractivity (Wildman–Crippen MR) is 50.2 cm³/mol. The third-order valence-corrected chi connectivity index (χ3v) is 1.10. The molecule has 0 aliphatic carbocycles. The first-order chi connectivity index (χ1) is 4.56. The highest BCUT2D eigenvalue weighted by molar-refractivity contribution is 4.71. The lowest BCUT2D eigenvalue weighted by molar-refractivity contribution is 0.381. The summed E-state index contributed by atoms with van der Waals surface area (Å²) in [6, 6.07) is 0. The highest BCUT2D eigenvalue weighted by atomic mass is 14.1. The first-order valence-corrected chi connectivity index (χ1v) is 4.17. The van der Waals surface area contributed by atoms with Gasteiger partial charge in [-0.05, 0) is 18.3 Å². The van der Waals surface area contributed by atoms with Crippen molar-refractivity contribution in [2.45, 2.75) is 47.5 Å². The third-order valence-electron chi connectivity index (χ3n) is 1.10. The van der Waals surface area contributed by atoms with Crippen molar-refractivity contribution < 1.29 is 0 Å². The quantitative estimate of drug-likeness (QED) is 0.511. The van der Waals surface area contributed by atoms with Crippen molar-refractivity contribution in [1.82, 2.24) is 0 Å². The molecule has 0 bridgehead atoms. The van der Waals surface area contributed by atoms with Crippen molar-refractivity contribution in [3.8, 4) is 0 Å². The van der Waals surface area contributed by atoms with Crippen LogP contribution in [0.2, 0.25) is 0 Å². The van der Waals surface area contributed by atoms with E-state index < -0.39 is 0 Å². The molecular weight excluding hydrogens is 120 g/mol. The normalized spacial score (nSPS) is 9.70. The maximum atomic E-state index is 3.66. The van der Waals surface area contributed by atoms with Gasteiger partial charge in [0.1, 0.15) is 0 Å². The molecular formula is C10H22. The van der Waals surface area contributed by atoms with E-state index in [2.05, 4.69) is 27.4 Å². The van der Waals surface area contributed by atoms with E-state index in [1.807, 2.05) is 19.9 Å². The summed E-state index contributed by atoms with van der Waals surface area (Å²) in [5.74, 6) is 0. The second-order valence-electron chi connectivity index (χ2n) is 3.39. The Balaban J connectivity index is 0. The molecule has 0 nitrogen and oxygen atoms in total. The zero-order valence-electron chi connectivity index (χ0n) is 8.20. The summed E-state index contributed by atoms with van der Waals surface area (Å²) in [5.41, 5.74) is 0.480. The fourth-order valence-corrected chi connectivity index (χ4v) is 0.535. The van der Waals surface area contributed by atoms with Gasteiger partial charge in [-0.15, -0.1) is 6.58 Å². The fraction of sp³-hybridized carbons (Fsp3) is 0.800. The maximum absolute atomic E-state index is 3.66. The van der Waals surface area contributed by atoms with Gasteiger partial charge in [0.05, 0.1) is 0 Å². The molecule has 0 N–H and O–H groups in total. The average Bonchev–Trinajstić information content (AvgIpc) is 1.87. The molecule has 0 saturated heterocycles. The SMILES string of the molecule is C=CCCC(C)(C)C.CC. The molecule has 0 aliphatic heterocycles. The molecule has 0 saturated carbocycles. The molecule has 0 aromatic carbocycles. The summed E-state index contributed by atoms with van der Waals surface area (Å²) >= 11 is 0. The van der Waals surface area contributed by atoms with Gasteiger partial charge in [-0.25, -0.2) is 0 Å². The molecule has 10 heavy (non-hydrogen) atoms. The minimum absolute atomic E-state index is 0.480. The predicted octanol–water partition coefficient (Wildman–Crippen LogP) is 4.02. The standard InChI is InChI=1S/C8H16.C2H6/c1-5-6-7-8(2,3)4;1-2/h5H,1,6-7H2,2-4H3;1-2H3. The van der Waals surface area contributed by atoms with Gasteiger partial charge in [0.2, 0.25) is 0 Å². The lowest BCUT2D eigenvalue weighted by Gasteiger charge is -2.15. The summed E-state index contributed by atoms with van der Waals surface area (Å²) in [5, 5.41) is 0. The van der Waals surface area contributed by atoms with Crippen LogP contribution >= 0.6 is 0 Å². The van der Waals surface area contributed by atoms with Crippen molar-refractivity contribution in [1.29, 1.82) is 0 Å². The van der Waals surface area contributed by atoms with E-state index in [0.717, 1.165) is 6.42 Å². The number of allylic oxidation sites excluding steroid dienone is 1. The average molecular weight is 142 g/mol. The van der Waals surface area contributed by atoms with Crippen LogP contribution in [0.5, 0.6) is 0 Å². The van der Waals surface area contributed by atoms with Crippen LogP contribution in [0.3, 0.4) is 0 Å². The number of hydrogen-bond acceptors (Lipinski definition) is 0. The van der Waals surface area contributed by atoms with Crippen LogP contribution in [-0.4, -0.2) is 0 Å². The van der Waals surface area contributed by atoms with E-state index >= 15 is 0 Å². The Morgan fingerprint density at radius 3 is 1.70 bits per heavy atom. The van der Waals surface area contributed by atoms with Gasteiger partial charge in [-0.3, -0.25) is 0 Å². The lowest BCUT2D eigenvalue weighted by atomic mass is 9.91. The van der Waals surface area contributed by atoms with Crippen molar-refractivity contribution in [2.24, 2.45) is 5.41 Å². The van der Waals surface area contributed by atoms with Gasteiger partial charge in [0.15, 0.2) is 0 Å². The molecule has 0 amide bonds. The van der Waals surface area contributed by atoms with Crippen molar-refractivity contribution in [2.75, 3.05) is 0 Å². The number of hydrogen-bond donors (Lipinski definition) is 0. The second kappa shape index (κ2) is 6.85. The molecule has 0 atom stereocenters. The Morgan fingerprint density at radius 1 is 1.20 bits per heavy atom. The summed E-state index contributed by atoms with van der Waals surface area (Å²) in [6.07, 6.45) is 4.37. The van der Waals surface area contributed by atoms with E-state index in [4.69, 9.17) is 0 Å². The van der Waals surface area contributed by atoms with Crippen LogP contribution in [0, 0.1) is 5.41 Å². The maximum Gasteiger partial charge on any atom is -0.0348 e. The minimum Gasteiger partial charge on any atom is -0.103 e. The van der Waals surface area contributed by atoms with Crippen LogP contribution in [0.1, 0.15) is 47.5 Å². The van der Waals surface area contributed by atoms with Crippen molar-refractivity contribution in [3.05, 3.63) is 12.7 Å². The highest BCUT2D eigenvalue weighted by Gasteiger charge is 2.06. The van der Waals surface area contributed by atoms with E-state index in [1.54, 1.807) is 0 Å². The topological polar surface area (TPSA) is 0 Å². The van der Waals surface area contributed by atoms with Crippen LogP contribution in [0.25, 0.3) is 0 Å². The zero-order valence-corrected chi connectivity index (χ0v) is 8.20. The third kappa shape index (κ3) is 15.6. The molecule has 0 fully saturated rings. The van der Waals surface area contributed by atoms with Crippen LogP contribution in [0.4, 0.5) is 0 Å². The van der Waals surface area contributed by atoms with E-state index in [0.29, 0.717) is 5.41 Å². The van der Waals surface area contributed by atoms with Crippen LogP contribution in [-0.2, 0) is 0 Å².